The van der Waals surface area contributed by atoms with E-state index in [2.05, 4.69) is 17.9 Å². The van der Waals surface area contributed by atoms with E-state index in [1.165, 1.54) is 0 Å². The third kappa shape index (κ3) is 1.60. The maximum absolute atomic E-state index is 12.1. The van der Waals surface area contributed by atoms with E-state index in [0.717, 1.165) is 19.4 Å². The highest BCUT2D eigenvalue weighted by Gasteiger charge is 2.83. The van der Waals surface area contributed by atoms with E-state index in [9.17, 15) is 9.90 Å². The largest absolute Gasteiger partial charge is 0.492 e. The van der Waals surface area contributed by atoms with Crippen molar-refractivity contribution in [3.63, 3.8) is 0 Å². The highest BCUT2D eigenvalue weighted by Crippen LogP contribution is 2.72. The van der Waals surface area contributed by atoms with Crippen LogP contribution in [0, 0.1) is 17.8 Å². The number of piperidine rings is 1. The fourth-order valence-corrected chi connectivity index (χ4v) is 7.15. The Morgan fingerprint density at radius 2 is 2.25 bits per heavy atom. The topological polar surface area (TPSA) is 77.5 Å². The molecule has 6 heterocycles. The summed E-state index contributed by atoms with van der Waals surface area (Å²) in [4.78, 5) is 14.7. The summed E-state index contributed by atoms with van der Waals surface area (Å²) in [5.74, 6) is 0.924. The van der Waals surface area contributed by atoms with Crippen molar-refractivity contribution in [2.75, 3.05) is 20.3 Å². The molecule has 5 saturated heterocycles. The van der Waals surface area contributed by atoms with Crippen LogP contribution >= 0.6 is 0 Å². The quantitative estimate of drug-likeness (QED) is 0.580. The van der Waals surface area contributed by atoms with Gasteiger partial charge in [-0.15, -0.1) is 0 Å². The summed E-state index contributed by atoms with van der Waals surface area (Å²) < 4.78 is 24.3. The molecule has 28 heavy (non-hydrogen) atoms. The van der Waals surface area contributed by atoms with Gasteiger partial charge in [-0.1, -0.05) is 19.1 Å². The Morgan fingerprint density at radius 1 is 1.43 bits per heavy atom. The molecule has 1 N–H and O–H groups in total. The summed E-state index contributed by atoms with van der Waals surface area (Å²) in [6, 6.07) is 0.363. The number of esters is 1. The zero-order valence-corrected chi connectivity index (χ0v) is 16.3. The first kappa shape index (κ1) is 17.1. The van der Waals surface area contributed by atoms with Crippen LogP contribution in [0.4, 0.5) is 0 Å². The molecule has 0 aliphatic carbocycles. The number of methoxy groups -OCH3 is 1. The lowest BCUT2D eigenvalue weighted by Crippen LogP contribution is -2.60. The van der Waals surface area contributed by atoms with E-state index >= 15 is 0 Å². The number of hydrogen-bond acceptors (Lipinski definition) is 7. The highest BCUT2D eigenvalue weighted by molar-refractivity contribution is 5.93. The first-order valence-corrected chi connectivity index (χ1v) is 10.1. The molecule has 0 radical (unpaired) electrons. The Hall–Kier alpha value is -1.83. The fraction of sp³-hybridized carbons (Fsp3) is 0.667. The summed E-state index contributed by atoms with van der Waals surface area (Å²) in [6.45, 7) is 4.91. The van der Waals surface area contributed by atoms with E-state index < -0.39 is 5.79 Å². The van der Waals surface area contributed by atoms with Crippen molar-refractivity contribution in [1.29, 1.82) is 0 Å². The molecule has 8 atom stereocenters. The average Bonchev–Trinajstić information content (AvgIpc) is 3.38. The van der Waals surface area contributed by atoms with Gasteiger partial charge in [0.1, 0.15) is 5.76 Å². The molecule has 7 nitrogen and oxygen atoms in total. The number of aliphatic hydroxyl groups is 1. The van der Waals surface area contributed by atoms with Gasteiger partial charge in [-0.25, -0.2) is 4.79 Å². The standard InChI is InChI=1S/C21H25NO6/c1-10-15-12-9-14-20(6-4-8-23)13(5-7-22(12)20)21(15,27-14)28-17(10)18-16(25-3)11(2)19(24)26-18/h4,6,10,12-15,23H,5,7-9H2,1-3H3/b6-4+,18-17-/t10-,12?,13?,14?,15+,20?,21?/m0/s1. The molecular formula is C21H25NO6. The number of aliphatic hydroxyl groups excluding tert-OH is 1. The van der Waals surface area contributed by atoms with E-state index in [0.29, 0.717) is 28.9 Å². The van der Waals surface area contributed by atoms with Crippen molar-refractivity contribution in [3.05, 3.63) is 35.0 Å². The van der Waals surface area contributed by atoms with Gasteiger partial charge in [0, 0.05) is 18.5 Å². The number of nitrogens with zero attached hydrogens (tertiary/aromatic N) is 1. The molecule has 6 aliphatic rings. The predicted molar refractivity (Wildman–Crippen MR) is 96.3 cm³/mol. The second-order valence-electron chi connectivity index (χ2n) is 8.80. The monoisotopic (exact) mass is 387 g/mol. The Bertz CT molecular complexity index is 876. The van der Waals surface area contributed by atoms with Crippen LogP contribution in [-0.4, -0.2) is 59.7 Å². The molecule has 0 aromatic heterocycles. The molecule has 6 rings (SSSR count). The number of carbonyl (C=O) groups is 1. The lowest BCUT2D eigenvalue weighted by Gasteiger charge is -2.47. The number of hydrogen-bond donors (Lipinski definition) is 1. The third-order valence-corrected chi connectivity index (χ3v) is 7.96. The van der Waals surface area contributed by atoms with Crippen molar-refractivity contribution < 1.29 is 28.8 Å². The molecule has 0 aromatic rings. The lowest BCUT2D eigenvalue weighted by molar-refractivity contribution is -0.255. The van der Waals surface area contributed by atoms with Crippen LogP contribution in [0.1, 0.15) is 26.7 Å². The first-order chi connectivity index (χ1) is 13.5. The van der Waals surface area contributed by atoms with Gasteiger partial charge in [0.2, 0.25) is 11.5 Å². The third-order valence-electron chi connectivity index (χ3n) is 7.96. The molecule has 1 spiro atoms. The average molecular weight is 387 g/mol. The smallest absolute Gasteiger partial charge is 0.343 e. The van der Waals surface area contributed by atoms with Crippen molar-refractivity contribution >= 4 is 5.97 Å². The van der Waals surface area contributed by atoms with Gasteiger partial charge >= 0.3 is 5.97 Å². The van der Waals surface area contributed by atoms with Gasteiger partial charge in [0.15, 0.2) is 5.76 Å². The van der Waals surface area contributed by atoms with Gasteiger partial charge in [-0.3, -0.25) is 4.90 Å². The first-order valence-electron chi connectivity index (χ1n) is 10.1. The van der Waals surface area contributed by atoms with Gasteiger partial charge in [0.25, 0.3) is 0 Å². The molecule has 6 aliphatic heterocycles. The summed E-state index contributed by atoms with van der Waals surface area (Å²) in [5.41, 5.74) is 0.279. The van der Waals surface area contributed by atoms with Gasteiger partial charge in [-0.05, 0) is 19.8 Å². The summed E-state index contributed by atoms with van der Waals surface area (Å²) in [6.07, 6.45) is 6.04. The zero-order valence-electron chi connectivity index (χ0n) is 16.3. The van der Waals surface area contributed by atoms with E-state index in [1.807, 2.05) is 6.08 Å². The van der Waals surface area contributed by atoms with Crippen LogP contribution in [0.5, 0.6) is 0 Å². The molecule has 0 aromatic carbocycles. The molecule has 6 unspecified atom stereocenters. The zero-order chi connectivity index (χ0) is 19.4. The Balaban J connectivity index is 1.49. The lowest BCUT2D eigenvalue weighted by atomic mass is 9.71. The van der Waals surface area contributed by atoms with Crippen LogP contribution in [-0.2, 0) is 23.7 Å². The molecule has 5 bridgehead atoms. The normalized spacial score (nSPS) is 52.8. The minimum Gasteiger partial charge on any atom is -0.492 e. The number of allylic oxidation sites excluding steroid dienone is 1. The summed E-state index contributed by atoms with van der Waals surface area (Å²) in [5, 5.41) is 9.38. The number of cyclic esters (lactones) is 1. The highest BCUT2D eigenvalue weighted by atomic mass is 16.7. The van der Waals surface area contributed by atoms with E-state index in [-0.39, 0.29) is 42.0 Å². The van der Waals surface area contributed by atoms with Crippen LogP contribution in [0.25, 0.3) is 0 Å². The molecule has 5 fully saturated rings. The van der Waals surface area contributed by atoms with Crippen molar-refractivity contribution in [1.82, 2.24) is 4.90 Å². The summed E-state index contributed by atoms with van der Waals surface area (Å²) >= 11 is 0. The maximum Gasteiger partial charge on any atom is 0.343 e. The van der Waals surface area contributed by atoms with Gasteiger partial charge < -0.3 is 24.1 Å². The van der Waals surface area contributed by atoms with Crippen molar-refractivity contribution in [3.8, 4) is 0 Å². The summed E-state index contributed by atoms with van der Waals surface area (Å²) in [7, 11) is 1.55. The van der Waals surface area contributed by atoms with Crippen LogP contribution in [0.15, 0.2) is 35.0 Å². The molecule has 7 heteroatoms. The fourth-order valence-electron chi connectivity index (χ4n) is 7.15. The molecular weight excluding hydrogens is 362 g/mol. The Morgan fingerprint density at radius 3 is 3.00 bits per heavy atom. The molecule has 0 amide bonds. The molecule has 150 valence electrons. The van der Waals surface area contributed by atoms with Crippen molar-refractivity contribution in [2.24, 2.45) is 17.8 Å². The molecule has 0 saturated carbocycles. The van der Waals surface area contributed by atoms with E-state index in [4.69, 9.17) is 18.9 Å². The second-order valence-corrected chi connectivity index (χ2v) is 8.80. The minimum atomic E-state index is -0.691. The predicted octanol–water partition coefficient (Wildman–Crippen LogP) is 1.45. The Labute approximate surface area is 163 Å². The van der Waals surface area contributed by atoms with E-state index in [1.54, 1.807) is 14.0 Å². The minimum absolute atomic E-state index is 0.0277. The van der Waals surface area contributed by atoms with Crippen LogP contribution in [0.2, 0.25) is 0 Å². The Kier molecular flexibility index (Phi) is 3.17. The van der Waals surface area contributed by atoms with Crippen LogP contribution in [0.3, 0.4) is 0 Å². The maximum atomic E-state index is 12.1. The van der Waals surface area contributed by atoms with Gasteiger partial charge in [-0.2, -0.15) is 0 Å². The number of ether oxygens (including phenoxy) is 4. The van der Waals surface area contributed by atoms with Crippen molar-refractivity contribution in [2.45, 2.75) is 50.2 Å². The SMILES string of the molecule is COC1=C(C)C(=O)O/C1=C1\OC23OC4CC([C@H]2[C@@H]1C)N1CCC3C41/C=C/CO. The van der Waals surface area contributed by atoms with Gasteiger partial charge in [0.05, 0.1) is 42.8 Å². The second kappa shape index (κ2) is 5.20. The number of fused-ring (bicyclic) bond motifs is 1. The number of rotatable bonds is 3. The number of carbonyl (C=O) groups excluding carboxylic acids is 1. The van der Waals surface area contributed by atoms with Crippen LogP contribution < -0.4 is 0 Å².